The molecule has 0 aromatic heterocycles. The Kier molecular flexibility index (Phi) is 5.17. The molecule has 0 unspecified atom stereocenters. The molecule has 0 saturated carbocycles. The third-order valence-electron chi connectivity index (χ3n) is 2.66. The van der Waals surface area contributed by atoms with Crippen molar-refractivity contribution in [1.29, 1.82) is 0 Å². The van der Waals surface area contributed by atoms with E-state index >= 15 is 0 Å². The van der Waals surface area contributed by atoms with E-state index in [0.717, 1.165) is 12.1 Å². The van der Waals surface area contributed by atoms with Crippen LogP contribution in [0.25, 0.3) is 0 Å². The van der Waals surface area contributed by atoms with Crippen molar-refractivity contribution in [2.45, 2.75) is 19.9 Å². The minimum absolute atomic E-state index is 0.0463. The molecule has 0 aliphatic heterocycles. The van der Waals surface area contributed by atoms with Crippen LogP contribution >= 0.6 is 0 Å². The monoisotopic (exact) mass is 298 g/mol. The first-order valence-electron chi connectivity index (χ1n) is 6.03. The molecule has 0 bridgehead atoms. The minimum Gasteiger partial charge on any atom is -0.352 e. The van der Waals surface area contributed by atoms with Gasteiger partial charge in [-0.2, -0.15) is 4.39 Å². The van der Waals surface area contributed by atoms with Crippen molar-refractivity contribution in [3.8, 4) is 0 Å². The predicted molar refractivity (Wildman–Crippen MR) is 73.0 cm³/mol. The highest BCUT2D eigenvalue weighted by Gasteiger charge is 2.24. The van der Waals surface area contributed by atoms with E-state index < -0.39 is 34.4 Å². The molecule has 0 saturated heterocycles. The van der Waals surface area contributed by atoms with Gasteiger partial charge in [-0.3, -0.25) is 14.9 Å². The maximum Gasteiger partial charge on any atom is 0.312 e. The zero-order valence-corrected chi connectivity index (χ0v) is 11.4. The fourth-order valence-corrected chi connectivity index (χ4v) is 1.64. The molecule has 0 aliphatic rings. The first-order chi connectivity index (χ1) is 9.72. The van der Waals surface area contributed by atoms with Crippen LogP contribution in [0.3, 0.4) is 0 Å². The molecule has 1 aromatic rings. The molecule has 3 amide bonds. The number of nitrogens with two attached hydrogens (primary N) is 1. The number of primary amides is 1. The first kappa shape index (κ1) is 16.3. The Hall–Kier alpha value is -2.71. The second kappa shape index (κ2) is 6.64. The van der Waals surface area contributed by atoms with E-state index in [1.165, 1.54) is 6.07 Å². The summed E-state index contributed by atoms with van der Waals surface area (Å²) >= 11 is 0. The Labute approximate surface area is 119 Å². The number of amides is 3. The lowest BCUT2D eigenvalue weighted by Crippen LogP contribution is -2.49. The van der Waals surface area contributed by atoms with Crippen LogP contribution in [0.5, 0.6) is 0 Å². The van der Waals surface area contributed by atoms with Gasteiger partial charge in [-0.25, -0.2) is 4.79 Å². The highest BCUT2D eigenvalue weighted by atomic mass is 19.1. The molecule has 114 valence electrons. The van der Waals surface area contributed by atoms with Gasteiger partial charge in [0.05, 0.1) is 4.92 Å². The number of nitrogens with zero attached hydrogens (tertiary/aromatic N) is 1. The summed E-state index contributed by atoms with van der Waals surface area (Å²) in [5, 5.41) is 15.3. The molecular weight excluding hydrogens is 283 g/mol. The van der Waals surface area contributed by atoms with Crippen LogP contribution in [-0.2, 0) is 4.79 Å². The zero-order chi connectivity index (χ0) is 16.2. The summed E-state index contributed by atoms with van der Waals surface area (Å²) in [5.41, 5.74) is 4.27. The van der Waals surface area contributed by atoms with Crippen molar-refractivity contribution >= 4 is 23.3 Å². The fraction of sp³-hybridized carbons (Fsp3) is 0.333. The van der Waals surface area contributed by atoms with Crippen molar-refractivity contribution < 1.29 is 18.9 Å². The van der Waals surface area contributed by atoms with Gasteiger partial charge in [-0.1, -0.05) is 13.8 Å². The first-order valence-corrected chi connectivity index (χ1v) is 6.03. The molecule has 0 radical (unpaired) electrons. The molecule has 4 N–H and O–H groups in total. The number of nitrogens with one attached hydrogen (secondary N) is 2. The number of benzene rings is 1. The second-order valence-corrected chi connectivity index (χ2v) is 4.64. The molecule has 1 atom stereocenters. The lowest BCUT2D eigenvalue weighted by molar-refractivity contribution is -0.387. The predicted octanol–water partition coefficient (Wildman–Crippen LogP) is 1.37. The molecule has 1 aromatic carbocycles. The quantitative estimate of drug-likeness (QED) is 0.560. The maximum absolute atomic E-state index is 13.2. The summed E-state index contributed by atoms with van der Waals surface area (Å²) in [7, 11) is 0. The van der Waals surface area contributed by atoms with Gasteiger partial charge in [0, 0.05) is 11.8 Å². The van der Waals surface area contributed by atoms with Crippen LogP contribution in [0.1, 0.15) is 13.8 Å². The molecule has 1 rings (SSSR count). The van der Waals surface area contributed by atoms with E-state index in [0.29, 0.717) is 0 Å². The number of nitro groups is 1. The highest BCUT2D eigenvalue weighted by molar-refractivity contribution is 5.97. The maximum atomic E-state index is 13.2. The van der Waals surface area contributed by atoms with Crippen LogP contribution in [0.4, 0.5) is 20.6 Å². The topological polar surface area (TPSA) is 127 Å². The molecule has 0 fully saturated rings. The molecule has 0 heterocycles. The van der Waals surface area contributed by atoms with Crippen molar-refractivity contribution in [3.63, 3.8) is 0 Å². The zero-order valence-electron chi connectivity index (χ0n) is 11.4. The molecule has 8 nitrogen and oxygen atoms in total. The van der Waals surface area contributed by atoms with Crippen LogP contribution < -0.4 is 16.4 Å². The van der Waals surface area contributed by atoms with Gasteiger partial charge < -0.3 is 16.4 Å². The largest absolute Gasteiger partial charge is 0.352 e. The number of anilines is 1. The summed E-state index contributed by atoms with van der Waals surface area (Å²) in [6.45, 7) is 3.38. The Bertz CT molecular complexity index is 576. The van der Waals surface area contributed by atoms with Crippen LogP contribution in [0, 0.1) is 21.8 Å². The Morgan fingerprint density at radius 2 is 2.00 bits per heavy atom. The molecule has 9 heteroatoms. The average molecular weight is 298 g/mol. The van der Waals surface area contributed by atoms with E-state index in [9.17, 15) is 24.1 Å². The standard InChI is InChI=1S/C12H15FN4O4/c1-6(2)10(16-12(14)19)11(18)15-7-3-4-8(13)9(5-7)17(20)21/h3-6,10H,1-2H3,(H,15,18)(H3,14,16,19)/t10-/m1/s1. The fourth-order valence-electron chi connectivity index (χ4n) is 1.64. The van der Waals surface area contributed by atoms with E-state index in [-0.39, 0.29) is 11.6 Å². The average Bonchev–Trinajstić information content (AvgIpc) is 2.37. The number of carbonyl (C=O) groups is 2. The van der Waals surface area contributed by atoms with Gasteiger partial charge in [-0.15, -0.1) is 0 Å². The van der Waals surface area contributed by atoms with Gasteiger partial charge in [0.15, 0.2) is 0 Å². The Morgan fingerprint density at radius 3 is 2.48 bits per heavy atom. The Morgan fingerprint density at radius 1 is 1.38 bits per heavy atom. The summed E-state index contributed by atoms with van der Waals surface area (Å²) in [6.07, 6.45) is 0. The lowest BCUT2D eigenvalue weighted by atomic mass is 10.0. The molecule has 0 aliphatic carbocycles. The van der Waals surface area contributed by atoms with Crippen LogP contribution in [0.2, 0.25) is 0 Å². The number of hydrogen-bond donors (Lipinski definition) is 3. The van der Waals surface area contributed by atoms with E-state index in [2.05, 4.69) is 10.6 Å². The second-order valence-electron chi connectivity index (χ2n) is 4.64. The van der Waals surface area contributed by atoms with Crippen molar-refractivity contribution in [2.24, 2.45) is 11.7 Å². The van der Waals surface area contributed by atoms with E-state index in [1.807, 2.05) is 0 Å². The van der Waals surface area contributed by atoms with Gasteiger partial charge in [0.25, 0.3) is 0 Å². The van der Waals surface area contributed by atoms with Crippen LogP contribution in [-0.4, -0.2) is 22.9 Å². The number of hydrogen-bond acceptors (Lipinski definition) is 4. The number of nitro benzene ring substituents is 1. The van der Waals surface area contributed by atoms with Crippen LogP contribution in [0.15, 0.2) is 18.2 Å². The summed E-state index contributed by atoms with van der Waals surface area (Å²) in [6, 6.07) is 1.18. The van der Waals surface area contributed by atoms with Crippen molar-refractivity contribution in [1.82, 2.24) is 5.32 Å². The number of carbonyl (C=O) groups excluding carboxylic acids is 2. The normalized spacial score (nSPS) is 11.8. The third kappa shape index (κ3) is 4.41. The molecule has 21 heavy (non-hydrogen) atoms. The highest BCUT2D eigenvalue weighted by Crippen LogP contribution is 2.22. The van der Waals surface area contributed by atoms with Crippen molar-refractivity contribution in [3.05, 3.63) is 34.1 Å². The smallest absolute Gasteiger partial charge is 0.312 e. The Balaban J connectivity index is 2.93. The molecule has 0 spiro atoms. The summed E-state index contributed by atoms with van der Waals surface area (Å²) in [4.78, 5) is 32.6. The van der Waals surface area contributed by atoms with E-state index in [4.69, 9.17) is 5.73 Å². The van der Waals surface area contributed by atoms with Crippen molar-refractivity contribution in [2.75, 3.05) is 5.32 Å². The summed E-state index contributed by atoms with van der Waals surface area (Å²) in [5.74, 6) is -1.87. The lowest BCUT2D eigenvalue weighted by Gasteiger charge is -2.20. The van der Waals surface area contributed by atoms with Gasteiger partial charge in [-0.05, 0) is 18.1 Å². The van der Waals surface area contributed by atoms with E-state index in [1.54, 1.807) is 13.8 Å². The van der Waals surface area contributed by atoms with Gasteiger partial charge >= 0.3 is 11.7 Å². The third-order valence-corrected chi connectivity index (χ3v) is 2.66. The summed E-state index contributed by atoms with van der Waals surface area (Å²) < 4.78 is 13.2. The number of rotatable bonds is 5. The number of urea groups is 1. The minimum atomic E-state index is -1.01. The number of halogens is 1. The SMILES string of the molecule is CC(C)[C@@H](NC(N)=O)C(=O)Nc1ccc(F)c([N+](=O)[O-])c1. The molecular formula is C12H15FN4O4. The van der Waals surface area contributed by atoms with Gasteiger partial charge in [0.1, 0.15) is 6.04 Å². The van der Waals surface area contributed by atoms with Gasteiger partial charge in [0.2, 0.25) is 11.7 Å².